The molecule has 0 N–H and O–H groups in total. The second-order valence-corrected chi connectivity index (χ2v) is 16.3. The summed E-state index contributed by atoms with van der Waals surface area (Å²) in [5.74, 6) is 0. The molecule has 1 aliphatic heterocycles. The van der Waals surface area contributed by atoms with Crippen molar-refractivity contribution in [1.82, 2.24) is 4.23 Å². The molecule has 2 nitrogen and oxygen atoms in total. The number of benzene rings is 1. The highest BCUT2D eigenvalue weighted by molar-refractivity contribution is 6.95. The van der Waals surface area contributed by atoms with Crippen molar-refractivity contribution in [3.05, 3.63) is 35.4 Å². The van der Waals surface area contributed by atoms with E-state index >= 15 is 0 Å². The van der Waals surface area contributed by atoms with Crippen molar-refractivity contribution in [2.75, 3.05) is 0 Å². The van der Waals surface area contributed by atoms with E-state index in [4.69, 9.17) is 5.26 Å². The summed E-state index contributed by atoms with van der Waals surface area (Å²) in [6.07, 6.45) is 0. The molecule has 2 rings (SSSR count). The van der Waals surface area contributed by atoms with E-state index in [9.17, 15) is 0 Å². The van der Waals surface area contributed by atoms with Gasteiger partial charge in [0.25, 0.3) is 0 Å². The molecule has 0 aliphatic carbocycles. The van der Waals surface area contributed by atoms with Gasteiger partial charge in [-0.05, 0) is 29.8 Å². The van der Waals surface area contributed by atoms with Gasteiger partial charge in [0.1, 0.15) is 16.5 Å². The number of nitrogens with zero attached hydrogens (tertiary/aromatic N) is 2. The summed E-state index contributed by atoms with van der Waals surface area (Å²) in [4.78, 5) is 0. The van der Waals surface area contributed by atoms with Gasteiger partial charge < -0.3 is 4.23 Å². The van der Waals surface area contributed by atoms with Gasteiger partial charge in [-0.1, -0.05) is 38.3 Å². The van der Waals surface area contributed by atoms with Gasteiger partial charge in [-0.3, -0.25) is 0 Å². The molecule has 0 bridgehead atoms. The predicted molar refractivity (Wildman–Crippen MR) is 81.3 cm³/mol. The smallest absolute Gasteiger partial charge is 0.115 e. The van der Waals surface area contributed by atoms with E-state index < -0.39 is 16.5 Å². The molecule has 18 heavy (non-hydrogen) atoms. The zero-order chi connectivity index (χ0) is 13.4. The summed E-state index contributed by atoms with van der Waals surface area (Å²) in [7, 11) is -2.41. The molecular formula is C14H22N2Si2. The first-order chi connectivity index (χ1) is 8.35. The van der Waals surface area contributed by atoms with Gasteiger partial charge in [0.2, 0.25) is 0 Å². The molecule has 96 valence electrons. The maximum Gasteiger partial charge on any atom is 0.115 e. The van der Waals surface area contributed by atoms with Crippen molar-refractivity contribution >= 4 is 16.5 Å². The molecule has 1 aromatic carbocycles. The van der Waals surface area contributed by atoms with E-state index in [2.05, 4.69) is 42.6 Å². The summed E-state index contributed by atoms with van der Waals surface area (Å²) in [5, 5.41) is 8.98. The SMILES string of the molecule is C[Si]1(C)CC[Si](C)(C)N1Cc1cccc(C#N)c1. The number of rotatable bonds is 2. The van der Waals surface area contributed by atoms with Gasteiger partial charge in [-0.25, -0.2) is 0 Å². The van der Waals surface area contributed by atoms with Crippen molar-refractivity contribution in [2.45, 2.75) is 44.8 Å². The van der Waals surface area contributed by atoms with E-state index in [0.717, 1.165) is 12.1 Å². The topological polar surface area (TPSA) is 27.0 Å². The molecule has 0 atom stereocenters. The van der Waals surface area contributed by atoms with Gasteiger partial charge >= 0.3 is 0 Å². The molecule has 1 saturated heterocycles. The summed E-state index contributed by atoms with van der Waals surface area (Å²) >= 11 is 0. The molecule has 1 aromatic rings. The second kappa shape index (κ2) is 4.65. The van der Waals surface area contributed by atoms with Crippen LogP contribution in [0.2, 0.25) is 38.3 Å². The van der Waals surface area contributed by atoms with Crippen LogP contribution < -0.4 is 0 Å². The fourth-order valence-corrected chi connectivity index (χ4v) is 16.9. The lowest BCUT2D eigenvalue weighted by Gasteiger charge is -2.39. The Morgan fingerprint density at radius 1 is 1.17 bits per heavy atom. The Balaban J connectivity index is 2.24. The molecule has 4 heteroatoms. The lowest BCUT2D eigenvalue weighted by Crippen LogP contribution is -2.54. The van der Waals surface area contributed by atoms with Crippen molar-refractivity contribution in [2.24, 2.45) is 0 Å². The van der Waals surface area contributed by atoms with Crippen LogP contribution in [0.4, 0.5) is 0 Å². The van der Waals surface area contributed by atoms with Crippen molar-refractivity contribution in [3.8, 4) is 6.07 Å². The van der Waals surface area contributed by atoms with Crippen LogP contribution in [0.1, 0.15) is 11.1 Å². The summed E-state index contributed by atoms with van der Waals surface area (Å²) in [6.45, 7) is 11.0. The van der Waals surface area contributed by atoms with Crippen molar-refractivity contribution < 1.29 is 0 Å². The first-order valence-corrected chi connectivity index (χ1v) is 12.9. The first-order valence-electron chi connectivity index (χ1n) is 6.62. The van der Waals surface area contributed by atoms with Crippen LogP contribution in [0.5, 0.6) is 0 Å². The molecular weight excluding hydrogens is 252 g/mol. The van der Waals surface area contributed by atoms with Crippen LogP contribution in [0.25, 0.3) is 0 Å². The summed E-state index contributed by atoms with van der Waals surface area (Å²) in [5.41, 5.74) is 2.09. The largest absolute Gasteiger partial charge is 0.342 e. The molecule has 1 aliphatic rings. The Bertz CT molecular complexity index is 473. The average molecular weight is 275 g/mol. The van der Waals surface area contributed by atoms with Gasteiger partial charge in [0.05, 0.1) is 11.6 Å². The minimum Gasteiger partial charge on any atom is -0.342 e. The lowest BCUT2D eigenvalue weighted by atomic mass is 10.1. The van der Waals surface area contributed by atoms with Crippen LogP contribution in [0, 0.1) is 11.3 Å². The number of hydrogen-bond donors (Lipinski definition) is 0. The van der Waals surface area contributed by atoms with E-state index in [1.165, 1.54) is 17.7 Å². The Kier molecular flexibility index (Phi) is 3.50. The van der Waals surface area contributed by atoms with Crippen LogP contribution in [-0.2, 0) is 6.54 Å². The highest BCUT2D eigenvalue weighted by atomic mass is 28.4. The maximum atomic E-state index is 8.98. The molecule has 0 unspecified atom stereocenters. The minimum atomic E-state index is -1.20. The van der Waals surface area contributed by atoms with E-state index in [-0.39, 0.29) is 0 Å². The Hall–Kier alpha value is -0.896. The average Bonchev–Trinajstić information content (AvgIpc) is 2.53. The molecule has 0 aromatic heterocycles. The third kappa shape index (κ3) is 2.58. The van der Waals surface area contributed by atoms with E-state index in [0.29, 0.717) is 0 Å². The Morgan fingerprint density at radius 2 is 1.78 bits per heavy atom. The Labute approximate surface area is 112 Å². The lowest BCUT2D eigenvalue weighted by molar-refractivity contribution is 0.623. The van der Waals surface area contributed by atoms with Gasteiger partial charge in [-0.2, -0.15) is 5.26 Å². The zero-order valence-corrected chi connectivity index (χ0v) is 13.8. The maximum absolute atomic E-state index is 8.98. The Morgan fingerprint density at radius 3 is 2.33 bits per heavy atom. The fraction of sp³-hybridized carbons (Fsp3) is 0.500. The zero-order valence-electron chi connectivity index (χ0n) is 11.8. The van der Waals surface area contributed by atoms with Crippen molar-refractivity contribution in [1.29, 1.82) is 5.26 Å². The normalized spacial score (nSPS) is 21.7. The third-order valence-electron chi connectivity index (χ3n) is 4.21. The third-order valence-corrected chi connectivity index (χ3v) is 14.5. The highest BCUT2D eigenvalue weighted by Gasteiger charge is 2.46. The van der Waals surface area contributed by atoms with Crippen LogP contribution in [0.15, 0.2) is 24.3 Å². The predicted octanol–water partition coefficient (Wildman–Crippen LogP) is 3.78. The summed E-state index contributed by atoms with van der Waals surface area (Å²) in [6, 6.07) is 13.2. The molecule has 0 saturated carbocycles. The van der Waals surface area contributed by atoms with Gasteiger partial charge in [0, 0.05) is 6.54 Å². The van der Waals surface area contributed by atoms with Gasteiger partial charge in [0.15, 0.2) is 0 Å². The first kappa shape index (κ1) is 13.5. The molecule has 0 spiro atoms. The second-order valence-electron chi connectivity index (χ2n) is 6.52. The highest BCUT2D eigenvalue weighted by Crippen LogP contribution is 2.37. The van der Waals surface area contributed by atoms with Crippen LogP contribution in [0.3, 0.4) is 0 Å². The molecule has 1 heterocycles. The van der Waals surface area contributed by atoms with Crippen molar-refractivity contribution in [3.63, 3.8) is 0 Å². The fourth-order valence-electron chi connectivity index (χ4n) is 3.05. The number of hydrogen-bond acceptors (Lipinski definition) is 2. The molecule has 0 amide bonds. The van der Waals surface area contributed by atoms with E-state index in [1.54, 1.807) is 0 Å². The molecule has 1 fully saturated rings. The summed E-state index contributed by atoms with van der Waals surface area (Å²) < 4.78 is 2.84. The number of nitriles is 1. The van der Waals surface area contributed by atoms with Crippen LogP contribution in [-0.4, -0.2) is 20.7 Å². The monoisotopic (exact) mass is 274 g/mol. The molecule has 0 radical (unpaired) electrons. The van der Waals surface area contributed by atoms with Gasteiger partial charge in [-0.15, -0.1) is 0 Å². The minimum absolute atomic E-state index is 0.783. The quantitative estimate of drug-likeness (QED) is 0.767. The standard InChI is InChI=1S/C14H22N2Si2/c1-17(2)8-9-18(3,4)16(17)12-14-7-5-6-13(10-14)11-15/h5-7,10H,8-9,12H2,1-4H3. The van der Waals surface area contributed by atoms with E-state index in [1.807, 2.05) is 18.2 Å². The van der Waals surface area contributed by atoms with Crippen LogP contribution >= 0.6 is 0 Å².